The summed E-state index contributed by atoms with van der Waals surface area (Å²) in [5.41, 5.74) is 3.25. The van der Waals surface area contributed by atoms with E-state index in [-0.39, 0.29) is 17.7 Å². The molecule has 1 amide bonds. The van der Waals surface area contributed by atoms with Gasteiger partial charge in [-0.25, -0.2) is 0 Å². The first-order valence-corrected chi connectivity index (χ1v) is 8.47. The third-order valence-electron chi connectivity index (χ3n) is 4.77. The van der Waals surface area contributed by atoms with Crippen molar-refractivity contribution in [2.75, 3.05) is 5.32 Å². The van der Waals surface area contributed by atoms with E-state index in [0.717, 1.165) is 11.3 Å². The van der Waals surface area contributed by atoms with Crippen LogP contribution in [0.4, 0.5) is 5.69 Å². The minimum absolute atomic E-state index is 0.0482. The minimum atomic E-state index is -0.788. The van der Waals surface area contributed by atoms with Gasteiger partial charge in [0.1, 0.15) is 0 Å². The molecule has 1 aliphatic carbocycles. The average Bonchev–Trinajstić information content (AvgIpc) is 2.97. The second kappa shape index (κ2) is 7.16. The SMILES string of the molecule is CC(C)c1ccc(NC(=O)[C@@H]2CC[C@H](C(=O)O)C2)c(C(C)C)c1. The van der Waals surface area contributed by atoms with E-state index in [2.05, 4.69) is 45.1 Å². The van der Waals surface area contributed by atoms with Crippen molar-refractivity contribution in [3.63, 3.8) is 0 Å². The molecule has 2 rings (SSSR count). The molecule has 1 aromatic rings. The van der Waals surface area contributed by atoms with Gasteiger partial charge < -0.3 is 10.4 Å². The van der Waals surface area contributed by atoms with Crippen molar-refractivity contribution in [2.45, 2.75) is 58.8 Å². The van der Waals surface area contributed by atoms with Crippen LogP contribution in [0.25, 0.3) is 0 Å². The van der Waals surface area contributed by atoms with E-state index in [0.29, 0.717) is 31.1 Å². The number of rotatable bonds is 5. The van der Waals surface area contributed by atoms with E-state index in [1.54, 1.807) is 0 Å². The first kappa shape index (κ1) is 17.5. The summed E-state index contributed by atoms with van der Waals surface area (Å²) in [4.78, 5) is 23.5. The molecular weight excluding hydrogens is 290 g/mol. The third kappa shape index (κ3) is 4.12. The van der Waals surface area contributed by atoms with Gasteiger partial charge in [0.05, 0.1) is 5.92 Å². The Balaban J connectivity index is 2.13. The maximum absolute atomic E-state index is 12.5. The average molecular weight is 317 g/mol. The lowest BCUT2D eigenvalue weighted by atomic mass is 9.94. The number of aliphatic carboxylic acids is 1. The highest BCUT2D eigenvalue weighted by Gasteiger charge is 2.34. The Hall–Kier alpha value is -1.84. The summed E-state index contributed by atoms with van der Waals surface area (Å²) in [6.45, 7) is 8.54. The molecule has 126 valence electrons. The minimum Gasteiger partial charge on any atom is -0.481 e. The quantitative estimate of drug-likeness (QED) is 0.847. The standard InChI is InChI=1S/C19H27NO3/c1-11(2)13-7-8-17(16(10-13)12(3)4)20-18(21)14-5-6-15(9-14)19(22)23/h7-8,10-12,14-15H,5-6,9H2,1-4H3,(H,20,21)(H,22,23)/t14-,15+/m1/s1. The van der Waals surface area contributed by atoms with E-state index >= 15 is 0 Å². The molecule has 1 aliphatic rings. The van der Waals surface area contributed by atoms with Crippen LogP contribution >= 0.6 is 0 Å². The maximum atomic E-state index is 12.5. The second-order valence-electron chi connectivity index (χ2n) is 7.19. The number of hydrogen-bond acceptors (Lipinski definition) is 2. The molecule has 0 aliphatic heterocycles. The number of anilines is 1. The van der Waals surface area contributed by atoms with Crippen LogP contribution in [-0.2, 0) is 9.59 Å². The number of benzene rings is 1. The van der Waals surface area contributed by atoms with Gasteiger partial charge in [-0.15, -0.1) is 0 Å². The summed E-state index contributed by atoms with van der Waals surface area (Å²) >= 11 is 0. The van der Waals surface area contributed by atoms with Crippen molar-refractivity contribution in [3.05, 3.63) is 29.3 Å². The molecule has 0 saturated heterocycles. The predicted octanol–water partition coefficient (Wildman–Crippen LogP) is 4.37. The van der Waals surface area contributed by atoms with Crippen molar-refractivity contribution < 1.29 is 14.7 Å². The fourth-order valence-electron chi connectivity index (χ4n) is 3.21. The number of nitrogens with one attached hydrogen (secondary N) is 1. The Bertz CT molecular complexity index is 592. The van der Waals surface area contributed by atoms with Gasteiger partial charge in [0, 0.05) is 11.6 Å². The van der Waals surface area contributed by atoms with Gasteiger partial charge in [0.15, 0.2) is 0 Å². The topological polar surface area (TPSA) is 66.4 Å². The zero-order chi connectivity index (χ0) is 17.1. The van der Waals surface area contributed by atoms with Gasteiger partial charge in [-0.1, -0.05) is 39.8 Å². The van der Waals surface area contributed by atoms with E-state index in [1.807, 2.05) is 6.07 Å². The van der Waals surface area contributed by atoms with Crippen LogP contribution in [0.3, 0.4) is 0 Å². The predicted molar refractivity (Wildman–Crippen MR) is 91.7 cm³/mol. The van der Waals surface area contributed by atoms with E-state index in [1.165, 1.54) is 5.56 Å². The molecule has 0 spiro atoms. The third-order valence-corrected chi connectivity index (χ3v) is 4.77. The molecule has 0 heterocycles. The molecule has 0 unspecified atom stereocenters. The Morgan fingerprint density at radius 3 is 2.26 bits per heavy atom. The Kier molecular flexibility index (Phi) is 5.45. The van der Waals surface area contributed by atoms with Crippen molar-refractivity contribution in [3.8, 4) is 0 Å². The molecule has 4 nitrogen and oxygen atoms in total. The first-order chi connectivity index (χ1) is 10.8. The van der Waals surface area contributed by atoms with Crippen molar-refractivity contribution in [1.29, 1.82) is 0 Å². The number of carbonyl (C=O) groups is 2. The molecular formula is C19H27NO3. The van der Waals surface area contributed by atoms with Crippen LogP contribution in [0.5, 0.6) is 0 Å². The lowest BCUT2D eigenvalue weighted by Gasteiger charge is -2.18. The highest BCUT2D eigenvalue weighted by molar-refractivity contribution is 5.94. The van der Waals surface area contributed by atoms with Gasteiger partial charge in [0.25, 0.3) is 0 Å². The molecule has 2 atom stereocenters. The summed E-state index contributed by atoms with van der Waals surface area (Å²) in [6, 6.07) is 6.20. The second-order valence-corrected chi connectivity index (χ2v) is 7.19. The van der Waals surface area contributed by atoms with Crippen molar-refractivity contribution in [2.24, 2.45) is 11.8 Å². The van der Waals surface area contributed by atoms with Gasteiger partial charge >= 0.3 is 5.97 Å². The fraction of sp³-hybridized carbons (Fsp3) is 0.579. The number of carbonyl (C=O) groups excluding carboxylic acids is 1. The van der Waals surface area contributed by atoms with Gasteiger partial charge in [-0.3, -0.25) is 9.59 Å². The molecule has 1 aromatic carbocycles. The van der Waals surface area contributed by atoms with E-state index in [9.17, 15) is 9.59 Å². The zero-order valence-electron chi connectivity index (χ0n) is 14.4. The Labute approximate surface area is 138 Å². The van der Waals surface area contributed by atoms with Crippen LogP contribution in [-0.4, -0.2) is 17.0 Å². The molecule has 0 radical (unpaired) electrons. The first-order valence-electron chi connectivity index (χ1n) is 8.47. The number of amides is 1. The maximum Gasteiger partial charge on any atom is 0.306 e. The van der Waals surface area contributed by atoms with E-state index in [4.69, 9.17) is 5.11 Å². The van der Waals surface area contributed by atoms with Gasteiger partial charge in [-0.05, 0) is 48.3 Å². The zero-order valence-corrected chi connectivity index (χ0v) is 14.4. The van der Waals surface area contributed by atoms with Crippen LogP contribution in [0.15, 0.2) is 18.2 Å². The largest absolute Gasteiger partial charge is 0.481 e. The summed E-state index contributed by atoms with van der Waals surface area (Å²) in [5.74, 6) is -0.639. The van der Waals surface area contributed by atoms with Crippen LogP contribution in [0, 0.1) is 11.8 Å². The monoisotopic (exact) mass is 317 g/mol. The molecule has 23 heavy (non-hydrogen) atoms. The Morgan fingerprint density at radius 2 is 1.74 bits per heavy atom. The lowest BCUT2D eigenvalue weighted by Crippen LogP contribution is -2.22. The van der Waals surface area contributed by atoms with Crippen molar-refractivity contribution >= 4 is 17.6 Å². The van der Waals surface area contributed by atoms with Crippen LogP contribution in [0.2, 0.25) is 0 Å². The summed E-state index contributed by atoms with van der Waals surface area (Å²) in [5, 5.41) is 12.1. The number of carboxylic acids is 1. The van der Waals surface area contributed by atoms with Crippen molar-refractivity contribution in [1.82, 2.24) is 0 Å². The highest BCUT2D eigenvalue weighted by atomic mass is 16.4. The number of carboxylic acid groups (broad SMARTS) is 1. The molecule has 4 heteroatoms. The molecule has 0 aromatic heterocycles. The summed E-state index contributed by atoms with van der Waals surface area (Å²) < 4.78 is 0. The van der Waals surface area contributed by atoms with Gasteiger partial charge in [-0.2, -0.15) is 0 Å². The molecule has 1 saturated carbocycles. The molecule has 0 bridgehead atoms. The molecule has 2 N–H and O–H groups in total. The smallest absolute Gasteiger partial charge is 0.306 e. The summed E-state index contributed by atoms with van der Waals surface area (Å²) in [6.07, 6.45) is 1.70. The summed E-state index contributed by atoms with van der Waals surface area (Å²) in [7, 11) is 0. The normalized spacial score (nSPS) is 21.0. The van der Waals surface area contributed by atoms with Crippen LogP contribution < -0.4 is 5.32 Å². The number of hydrogen-bond donors (Lipinski definition) is 2. The Morgan fingerprint density at radius 1 is 1.09 bits per heavy atom. The fourth-order valence-corrected chi connectivity index (χ4v) is 3.21. The highest BCUT2D eigenvalue weighted by Crippen LogP contribution is 2.33. The molecule has 1 fully saturated rings. The van der Waals surface area contributed by atoms with Gasteiger partial charge in [0.2, 0.25) is 5.91 Å². The lowest BCUT2D eigenvalue weighted by molar-refractivity contribution is -0.141. The van der Waals surface area contributed by atoms with Crippen LogP contribution in [0.1, 0.15) is 69.9 Å². The van der Waals surface area contributed by atoms with E-state index < -0.39 is 5.97 Å².